The molecule has 5 heteroatoms. The summed E-state index contributed by atoms with van der Waals surface area (Å²) in [6.07, 6.45) is 1.79. The smallest absolute Gasteiger partial charge is 0.295 e. The molecule has 2 heterocycles. The average molecular weight is 284 g/mol. The van der Waals surface area contributed by atoms with Gasteiger partial charge in [0.15, 0.2) is 0 Å². The Morgan fingerprint density at radius 2 is 1.95 bits per heavy atom. The predicted molar refractivity (Wildman–Crippen MR) is 84.2 cm³/mol. The van der Waals surface area contributed by atoms with Crippen LogP contribution in [0.2, 0.25) is 0 Å². The Labute approximate surface area is 123 Å². The molecule has 0 radical (unpaired) electrons. The van der Waals surface area contributed by atoms with Crippen LogP contribution in [0.4, 0.5) is 0 Å². The van der Waals surface area contributed by atoms with Crippen LogP contribution in [0.15, 0.2) is 35.3 Å². The highest BCUT2D eigenvalue weighted by atomic mass is 16.1. The van der Waals surface area contributed by atoms with Crippen molar-refractivity contribution < 1.29 is 0 Å². The summed E-state index contributed by atoms with van der Waals surface area (Å²) < 4.78 is 3.56. The van der Waals surface area contributed by atoms with Crippen LogP contribution in [0.5, 0.6) is 0 Å². The fourth-order valence-electron chi connectivity index (χ4n) is 2.62. The lowest BCUT2D eigenvalue weighted by Crippen LogP contribution is -2.27. The molecule has 110 valence electrons. The second kappa shape index (κ2) is 4.62. The van der Waals surface area contributed by atoms with E-state index in [1.165, 1.54) is 0 Å². The van der Waals surface area contributed by atoms with Crippen molar-refractivity contribution in [1.82, 2.24) is 19.3 Å². The number of hydrogen-bond donors (Lipinski definition) is 1. The summed E-state index contributed by atoms with van der Waals surface area (Å²) in [5, 5.41) is 7.01. The van der Waals surface area contributed by atoms with E-state index in [9.17, 15) is 4.79 Å². The highest BCUT2D eigenvalue weighted by molar-refractivity contribution is 5.81. The molecule has 0 saturated heterocycles. The third-order valence-corrected chi connectivity index (χ3v) is 3.57. The van der Waals surface area contributed by atoms with Gasteiger partial charge in [-0.1, -0.05) is 26.8 Å². The molecule has 1 aromatic carbocycles. The Bertz CT molecular complexity index is 832. The van der Waals surface area contributed by atoms with E-state index >= 15 is 0 Å². The van der Waals surface area contributed by atoms with Gasteiger partial charge in [0.1, 0.15) is 0 Å². The molecule has 0 aliphatic heterocycles. The topological polar surface area (TPSA) is 55.6 Å². The highest BCUT2D eigenvalue weighted by Crippen LogP contribution is 2.24. The Hall–Kier alpha value is -2.30. The summed E-state index contributed by atoms with van der Waals surface area (Å²) in [6.45, 7) is 7.11. The molecule has 3 aromatic rings. The molecule has 0 spiro atoms. The van der Waals surface area contributed by atoms with E-state index in [0.717, 1.165) is 22.3 Å². The van der Waals surface area contributed by atoms with Crippen molar-refractivity contribution in [3.05, 3.63) is 40.9 Å². The number of nitrogens with one attached hydrogen (secondary N) is 1. The Morgan fingerprint density at radius 1 is 1.19 bits per heavy atom. The van der Waals surface area contributed by atoms with Crippen LogP contribution in [0.25, 0.3) is 22.3 Å². The molecule has 5 nitrogen and oxygen atoms in total. The Morgan fingerprint density at radius 3 is 2.57 bits per heavy atom. The van der Waals surface area contributed by atoms with Crippen molar-refractivity contribution >= 4 is 11.0 Å². The molecule has 21 heavy (non-hydrogen) atoms. The first-order valence-corrected chi connectivity index (χ1v) is 7.06. The van der Waals surface area contributed by atoms with E-state index in [2.05, 4.69) is 31.0 Å². The fourth-order valence-corrected chi connectivity index (χ4v) is 2.62. The predicted octanol–water partition coefficient (Wildman–Crippen LogP) is 2.78. The Kier molecular flexibility index (Phi) is 3.01. The van der Waals surface area contributed by atoms with Gasteiger partial charge in [-0.2, -0.15) is 5.10 Å². The molecule has 0 aliphatic carbocycles. The number of fused-ring (bicyclic) bond motifs is 1. The zero-order chi connectivity index (χ0) is 15.2. The molecule has 0 aliphatic rings. The molecule has 1 N–H and O–H groups in total. The summed E-state index contributed by atoms with van der Waals surface area (Å²) in [5.41, 5.74) is 3.87. The van der Waals surface area contributed by atoms with Gasteiger partial charge in [0.2, 0.25) is 0 Å². The lowest BCUT2D eigenvalue weighted by Gasteiger charge is -2.18. The lowest BCUT2D eigenvalue weighted by molar-refractivity contribution is 0.342. The number of H-pyrrole nitrogens is 1. The van der Waals surface area contributed by atoms with E-state index in [-0.39, 0.29) is 11.1 Å². The maximum absolute atomic E-state index is 12.5. The summed E-state index contributed by atoms with van der Waals surface area (Å²) >= 11 is 0. The second-order valence-corrected chi connectivity index (χ2v) is 6.65. The van der Waals surface area contributed by atoms with E-state index in [1.807, 2.05) is 35.9 Å². The molecule has 0 atom stereocenters. The van der Waals surface area contributed by atoms with E-state index in [0.29, 0.717) is 6.54 Å². The largest absolute Gasteiger partial charge is 0.328 e. The van der Waals surface area contributed by atoms with Crippen LogP contribution < -0.4 is 5.69 Å². The summed E-state index contributed by atoms with van der Waals surface area (Å²) in [5.74, 6) is 0. The first-order chi connectivity index (χ1) is 9.87. The Balaban J connectivity index is 2.20. The van der Waals surface area contributed by atoms with Crippen molar-refractivity contribution in [2.24, 2.45) is 12.5 Å². The minimum absolute atomic E-state index is 0.0269. The SMILES string of the molecule is Cn1c(=O)n(CC(C)(C)C)c2ccc(-c3cc[nH]n3)cc21. The zero-order valence-electron chi connectivity index (χ0n) is 12.8. The minimum atomic E-state index is 0.0269. The number of aryl methyl sites for hydroxylation is 1. The van der Waals surface area contributed by atoms with Crippen molar-refractivity contribution in [2.75, 3.05) is 0 Å². The van der Waals surface area contributed by atoms with Crippen LogP contribution in [-0.2, 0) is 13.6 Å². The number of benzene rings is 1. The molecule has 0 saturated carbocycles. The molecule has 0 bridgehead atoms. The van der Waals surface area contributed by atoms with Crippen molar-refractivity contribution in [2.45, 2.75) is 27.3 Å². The van der Waals surface area contributed by atoms with Crippen LogP contribution in [-0.4, -0.2) is 19.3 Å². The molecule has 0 amide bonds. The van der Waals surface area contributed by atoms with Crippen molar-refractivity contribution in [1.29, 1.82) is 0 Å². The third kappa shape index (κ3) is 2.39. The third-order valence-electron chi connectivity index (χ3n) is 3.57. The van der Waals surface area contributed by atoms with Crippen LogP contribution >= 0.6 is 0 Å². The molecule has 0 fully saturated rings. The molecular formula is C16H20N4O. The fraction of sp³-hybridized carbons (Fsp3) is 0.375. The number of nitrogens with zero attached hydrogens (tertiary/aromatic N) is 3. The van der Waals surface area contributed by atoms with Crippen LogP contribution in [0.1, 0.15) is 20.8 Å². The number of imidazole rings is 1. The minimum Gasteiger partial charge on any atom is -0.295 e. The van der Waals surface area contributed by atoms with Gasteiger partial charge in [0, 0.05) is 25.4 Å². The van der Waals surface area contributed by atoms with Gasteiger partial charge >= 0.3 is 5.69 Å². The van der Waals surface area contributed by atoms with Gasteiger partial charge in [0.25, 0.3) is 0 Å². The molecule has 2 aromatic heterocycles. The number of aromatic amines is 1. The van der Waals surface area contributed by atoms with Gasteiger partial charge < -0.3 is 0 Å². The first-order valence-electron chi connectivity index (χ1n) is 7.06. The van der Waals surface area contributed by atoms with Gasteiger partial charge in [-0.3, -0.25) is 14.2 Å². The van der Waals surface area contributed by atoms with Crippen molar-refractivity contribution in [3.8, 4) is 11.3 Å². The van der Waals surface area contributed by atoms with Crippen LogP contribution in [0.3, 0.4) is 0 Å². The molecule has 0 unspecified atom stereocenters. The first kappa shape index (κ1) is 13.7. The molecular weight excluding hydrogens is 264 g/mol. The summed E-state index contributed by atoms with van der Waals surface area (Å²) in [6, 6.07) is 7.96. The summed E-state index contributed by atoms with van der Waals surface area (Å²) in [7, 11) is 1.82. The normalized spacial score (nSPS) is 12.2. The van der Waals surface area contributed by atoms with Crippen LogP contribution in [0, 0.1) is 5.41 Å². The van der Waals surface area contributed by atoms with Gasteiger partial charge in [-0.25, -0.2) is 4.79 Å². The number of aromatic nitrogens is 4. The van der Waals surface area contributed by atoms with E-state index < -0.39 is 0 Å². The maximum Gasteiger partial charge on any atom is 0.328 e. The standard InChI is InChI=1S/C16H20N4O/c1-16(2,3)10-20-13-6-5-11(12-7-8-17-18-12)9-14(13)19(4)15(20)21/h5-9H,10H2,1-4H3,(H,17,18). The van der Waals surface area contributed by atoms with Gasteiger partial charge in [-0.15, -0.1) is 0 Å². The molecule has 3 rings (SSSR count). The quantitative estimate of drug-likeness (QED) is 0.786. The average Bonchev–Trinajstić information content (AvgIpc) is 3.01. The maximum atomic E-state index is 12.5. The van der Waals surface area contributed by atoms with E-state index in [4.69, 9.17) is 0 Å². The van der Waals surface area contributed by atoms with Gasteiger partial charge in [-0.05, 0) is 23.6 Å². The number of hydrogen-bond acceptors (Lipinski definition) is 2. The number of rotatable bonds is 2. The van der Waals surface area contributed by atoms with Crippen molar-refractivity contribution in [3.63, 3.8) is 0 Å². The zero-order valence-corrected chi connectivity index (χ0v) is 12.8. The van der Waals surface area contributed by atoms with E-state index in [1.54, 1.807) is 10.8 Å². The lowest BCUT2D eigenvalue weighted by atomic mass is 9.97. The summed E-state index contributed by atoms with van der Waals surface area (Å²) in [4.78, 5) is 12.5. The monoisotopic (exact) mass is 284 g/mol. The highest BCUT2D eigenvalue weighted by Gasteiger charge is 2.18. The van der Waals surface area contributed by atoms with Gasteiger partial charge in [0.05, 0.1) is 16.7 Å². The second-order valence-electron chi connectivity index (χ2n) is 6.65.